The molecule has 0 saturated heterocycles. The summed E-state index contributed by atoms with van der Waals surface area (Å²) < 4.78 is 34.3. The fourth-order valence-corrected chi connectivity index (χ4v) is 10.5. The molecule has 0 fully saturated rings. The Kier molecular flexibility index (Phi) is 62.1. The predicted molar refractivity (Wildman–Crippen MR) is 360 cm³/mol. The molecule has 0 N–H and O–H groups in total. The fraction of sp³-hybridized carbons (Fsp3) is 0.757. The van der Waals surface area contributed by atoms with Crippen LogP contribution in [-0.4, -0.2) is 70.0 Å². The van der Waals surface area contributed by atoms with Crippen molar-refractivity contribution in [3.63, 3.8) is 0 Å². The molecule has 10 heteroatoms. The van der Waals surface area contributed by atoms with Gasteiger partial charge in [0.05, 0.1) is 27.7 Å². The summed E-state index contributed by atoms with van der Waals surface area (Å²) in [5.74, 6) is -0.826. The number of hydrogen-bond acceptors (Lipinski definition) is 8. The van der Waals surface area contributed by atoms with Gasteiger partial charge in [-0.05, 0) is 96.3 Å². The number of nitrogens with zero attached hydrogens (tertiary/aromatic N) is 1. The Labute approximate surface area is 519 Å². The van der Waals surface area contributed by atoms with Crippen LogP contribution < -0.4 is 4.89 Å². The normalized spacial score (nSPS) is 13.7. The van der Waals surface area contributed by atoms with E-state index in [0.717, 1.165) is 83.5 Å². The average molecular weight is 1190 g/mol. The van der Waals surface area contributed by atoms with Gasteiger partial charge in [0.25, 0.3) is 7.82 Å². The highest BCUT2D eigenvalue weighted by molar-refractivity contribution is 7.45. The van der Waals surface area contributed by atoms with Crippen molar-refractivity contribution in [3.05, 3.63) is 97.2 Å². The van der Waals surface area contributed by atoms with Crippen LogP contribution in [-0.2, 0) is 32.7 Å². The molecule has 0 aromatic heterocycles. The van der Waals surface area contributed by atoms with Gasteiger partial charge >= 0.3 is 11.9 Å². The number of carbonyl (C=O) groups excluding carboxylic acids is 2. The zero-order chi connectivity index (χ0) is 61.2. The molecule has 0 spiro atoms. The van der Waals surface area contributed by atoms with Crippen molar-refractivity contribution in [2.75, 3.05) is 47.5 Å². The third kappa shape index (κ3) is 68.0. The van der Waals surface area contributed by atoms with Gasteiger partial charge in [0.15, 0.2) is 6.10 Å². The van der Waals surface area contributed by atoms with Gasteiger partial charge in [-0.25, -0.2) is 0 Å². The highest BCUT2D eigenvalue weighted by Crippen LogP contribution is 2.38. The summed E-state index contributed by atoms with van der Waals surface area (Å²) in [6, 6.07) is 0. The number of ether oxygens (including phenoxy) is 2. The van der Waals surface area contributed by atoms with Gasteiger partial charge in [0.1, 0.15) is 19.8 Å². The third-order valence-electron chi connectivity index (χ3n) is 15.1. The molecule has 9 nitrogen and oxygen atoms in total. The van der Waals surface area contributed by atoms with Gasteiger partial charge in [-0.1, -0.05) is 297 Å². The zero-order valence-corrected chi connectivity index (χ0v) is 56.2. The lowest BCUT2D eigenvalue weighted by Gasteiger charge is -2.28. The minimum absolute atomic E-state index is 0.0326. The van der Waals surface area contributed by atoms with E-state index in [4.69, 9.17) is 18.5 Å². The number of phosphoric ester groups is 1. The van der Waals surface area contributed by atoms with E-state index < -0.39 is 26.5 Å². The summed E-state index contributed by atoms with van der Waals surface area (Å²) in [6.45, 7) is 4.16. The van der Waals surface area contributed by atoms with Crippen LogP contribution >= 0.6 is 7.82 Å². The average Bonchev–Trinajstić information content (AvgIpc) is 3.61. The van der Waals surface area contributed by atoms with Gasteiger partial charge in [-0.3, -0.25) is 14.2 Å². The zero-order valence-electron chi connectivity index (χ0n) is 55.3. The van der Waals surface area contributed by atoms with Crippen LogP contribution in [0.25, 0.3) is 0 Å². The summed E-state index contributed by atoms with van der Waals surface area (Å²) in [6.07, 6.45) is 89.1. The Hall–Kier alpha value is -3.07. The standard InChI is InChI=1S/C74H132NO8P/c1-6-8-10-12-14-16-18-20-22-24-26-28-30-31-32-33-34-35-36-37-38-39-40-41-42-43-45-47-49-51-53-55-57-59-61-63-65-67-74(77)83-72(71-82-84(78,79)81-69-68-75(3,4)5)70-80-73(76)66-64-62-60-58-56-54-52-50-48-46-44-29-27-25-23-21-19-17-15-13-11-9-7-2/h8,10,14,16,20,22,25-28,31-32,34-35,37-38,72H,6-7,9,11-13,15,17-19,21,23-24,29-30,33,36,39-71H2,1-5H3/b10-8-,16-14-,22-20-,27-25-,28-26-,32-31-,35-34-,38-37-. The van der Waals surface area contributed by atoms with Crippen molar-refractivity contribution in [2.24, 2.45) is 0 Å². The number of quaternary nitrogens is 1. The van der Waals surface area contributed by atoms with Crippen molar-refractivity contribution in [1.82, 2.24) is 0 Å². The lowest BCUT2D eigenvalue weighted by Crippen LogP contribution is -2.37. The molecule has 84 heavy (non-hydrogen) atoms. The Balaban J connectivity index is 4.03. The molecule has 0 rings (SSSR count). The lowest BCUT2D eigenvalue weighted by molar-refractivity contribution is -0.870. The molecule has 0 bridgehead atoms. The maximum atomic E-state index is 12.9. The molecular weight excluding hydrogens is 1060 g/mol. The fourth-order valence-electron chi connectivity index (χ4n) is 9.75. The predicted octanol–water partition coefficient (Wildman–Crippen LogP) is 22.1. The molecule has 0 aliphatic carbocycles. The molecule has 0 aliphatic rings. The SMILES string of the molecule is CC/C=C\C/C=C\C/C=C\C/C=C\C/C=C\C/C=C\C/C=C\CCCCCCCCCCCCCCCCCC(=O)OC(COC(=O)CCCCCCCCCCCCC/C=C\CCCCCCCCCC)COP(=O)([O-])OCC[N+](C)(C)C. The summed E-state index contributed by atoms with van der Waals surface area (Å²) >= 11 is 0. The lowest BCUT2D eigenvalue weighted by atomic mass is 10.0. The van der Waals surface area contributed by atoms with Crippen LogP contribution in [0.3, 0.4) is 0 Å². The number of carbonyl (C=O) groups is 2. The molecule has 0 amide bonds. The molecule has 0 aliphatic heterocycles. The van der Waals surface area contributed by atoms with Crippen LogP contribution in [0.2, 0.25) is 0 Å². The van der Waals surface area contributed by atoms with Crippen LogP contribution in [0.4, 0.5) is 0 Å². The van der Waals surface area contributed by atoms with Gasteiger partial charge in [-0.2, -0.15) is 0 Å². The third-order valence-corrected chi connectivity index (χ3v) is 16.1. The first-order chi connectivity index (χ1) is 41.0. The minimum atomic E-state index is -4.64. The van der Waals surface area contributed by atoms with Crippen molar-refractivity contribution in [2.45, 2.75) is 315 Å². The number of allylic oxidation sites excluding steroid dienone is 16. The maximum absolute atomic E-state index is 12.9. The molecular formula is C74H132NO8P. The Morgan fingerprint density at radius 1 is 0.381 bits per heavy atom. The highest BCUT2D eigenvalue weighted by Gasteiger charge is 2.22. The highest BCUT2D eigenvalue weighted by atomic mass is 31.2. The van der Waals surface area contributed by atoms with Gasteiger partial charge in [0, 0.05) is 12.8 Å². The van der Waals surface area contributed by atoms with Crippen molar-refractivity contribution in [1.29, 1.82) is 0 Å². The number of phosphoric acid groups is 1. The first-order valence-electron chi connectivity index (χ1n) is 34.9. The molecule has 0 heterocycles. The Morgan fingerprint density at radius 2 is 0.679 bits per heavy atom. The summed E-state index contributed by atoms with van der Waals surface area (Å²) in [5, 5.41) is 0. The second-order valence-corrected chi connectivity index (χ2v) is 25.9. The van der Waals surface area contributed by atoms with E-state index in [1.165, 1.54) is 193 Å². The van der Waals surface area contributed by atoms with E-state index >= 15 is 0 Å². The Bertz CT molecular complexity index is 1740. The van der Waals surface area contributed by atoms with E-state index in [9.17, 15) is 19.0 Å². The van der Waals surface area contributed by atoms with E-state index in [0.29, 0.717) is 17.4 Å². The molecule has 0 aromatic carbocycles. The van der Waals surface area contributed by atoms with Gasteiger partial charge in [-0.15, -0.1) is 0 Å². The van der Waals surface area contributed by atoms with Crippen LogP contribution in [0.15, 0.2) is 97.2 Å². The van der Waals surface area contributed by atoms with Crippen LogP contribution in [0.5, 0.6) is 0 Å². The number of hydrogen-bond donors (Lipinski definition) is 0. The quantitative estimate of drug-likeness (QED) is 0.0195. The molecule has 0 radical (unpaired) electrons. The number of unbranched alkanes of at least 4 members (excludes halogenated alkanes) is 34. The summed E-state index contributed by atoms with van der Waals surface area (Å²) in [7, 11) is 1.17. The maximum Gasteiger partial charge on any atom is 0.306 e. The van der Waals surface area contributed by atoms with E-state index in [2.05, 4.69) is 111 Å². The number of esters is 2. The first kappa shape index (κ1) is 80.9. The van der Waals surface area contributed by atoms with Crippen molar-refractivity contribution in [3.8, 4) is 0 Å². The van der Waals surface area contributed by atoms with Crippen molar-refractivity contribution < 1.29 is 42.1 Å². The van der Waals surface area contributed by atoms with Crippen molar-refractivity contribution >= 4 is 19.8 Å². The largest absolute Gasteiger partial charge is 0.756 e. The van der Waals surface area contributed by atoms with Gasteiger partial charge in [0.2, 0.25) is 0 Å². The van der Waals surface area contributed by atoms with Gasteiger partial charge < -0.3 is 27.9 Å². The molecule has 2 atom stereocenters. The summed E-state index contributed by atoms with van der Waals surface area (Å²) in [5.41, 5.74) is 0. The topological polar surface area (TPSA) is 111 Å². The smallest absolute Gasteiger partial charge is 0.306 e. The monoisotopic (exact) mass is 1190 g/mol. The Morgan fingerprint density at radius 3 is 1.02 bits per heavy atom. The van der Waals surface area contributed by atoms with E-state index in [-0.39, 0.29) is 32.0 Å². The first-order valence-corrected chi connectivity index (χ1v) is 36.4. The minimum Gasteiger partial charge on any atom is -0.756 e. The summed E-state index contributed by atoms with van der Waals surface area (Å²) in [4.78, 5) is 38.0. The second kappa shape index (κ2) is 64.4. The second-order valence-electron chi connectivity index (χ2n) is 24.5. The number of likely N-dealkylation sites (N-methyl/N-ethyl adjacent to an activating group) is 1. The molecule has 0 saturated carbocycles. The number of rotatable bonds is 64. The van der Waals surface area contributed by atoms with E-state index in [1.807, 2.05) is 21.1 Å². The molecule has 0 aromatic rings. The van der Waals surface area contributed by atoms with E-state index in [1.54, 1.807) is 0 Å². The van der Waals surface area contributed by atoms with Crippen LogP contribution in [0.1, 0.15) is 309 Å². The molecule has 486 valence electrons. The molecule has 2 unspecified atom stereocenters. The van der Waals surface area contributed by atoms with Crippen LogP contribution in [0, 0.1) is 0 Å².